The highest BCUT2D eigenvalue weighted by Gasteiger charge is 2.51. The maximum Gasteiger partial charge on any atom is 0.137 e. The molecule has 9 atom stereocenters. The lowest BCUT2D eigenvalue weighted by atomic mass is 9.73. The molecule has 2 saturated carbocycles. The third-order valence-corrected chi connectivity index (χ3v) is 18.0. The summed E-state index contributed by atoms with van der Waals surface area (Å²) in [6, 6.07) is 1.22. The molecular formula is C51H74N6. The molecular weight excluding hydrogens is 697 g/mol. The number of nitrogens with one attached hydrogen (secondary N) is 3. The molecule has 0 aromatic heterocycles. The van der Waals surface area contributed by atoms with Gasteiger partial charge in [0.1, 0.15) is 6.29 Å². The van der Waals surface area contributed by atoms with Gasteiger partial charge in [-0.1, -0.05) is 44.3 Å². The van der Waals surface area contributed by atoms with Crippen LogP contribution in [0.5, 0.6) is 0 Å². The maximum atomic E-state index is 4.39. The van der Waals surface area contributed by atoms with E-state index in [0.29, 0.717) is 42.2 Å². The van der Waals surface area contributed by atoms with Crippen LogP contribution in [-0.2, 0) is 0 Å². The van der Waals surface area contributed by atoms with Crippen molar-refractivity contribution in [2.75, 3.05) is 0 Å². The summed E-state index contributed by atoms with van der Waals surface area (Å²) in [7, 11) is 0. The van der Waals surface area contributed by atoms with E-state index in [-0.39, 0.29) is 6.29 Å². The second kappa shape index (κ2) is 15.3. The van der Waals surface area contributed by atoms with Crippen molar-refractivity contribution in [3.05, 3.63) is 69.1 Å². The van der Waals surface area contributed by atoms with Crippen LogP contribution in [0.25, 0.3) is 0 Å². The molecule has 8 aliphatic carbocycles. The molecule has 12 rings (SSSR count). The number of fused-ring (bicyclic) bond motifs is 6. The van der Waals surface area contributed by atoms with Gasteiger partial charge >= 0.3 is 0 Å². The van der Waals surface area contributed by atoms with Gasteiger partial charge in [-0.2, -0.15) is 0 Å². The second-order valence-electron chi connectivity index (χ2n) is 21.0. The topological polar surface area (TPSA) is 45.8 Å². The molecule has 0 radical (unpaired) electrons. The van der Waals surface area contributed by atoms with E-state index in [1.807, 2.05) is 16.7 Å². The van der Waals surface area contributed by atoms with Crippen LogP contribution < -0.4 is 16.0 Å². The molecule has 4 heterocycles. The van der Waals surface area contributed by atoms with Crippen molar-refractivity contribution < 1.29 is 0 Å². The zero-order chi connectivity index (χ0) is 37.5. The summed E-state index contributed by atoms with van der Waals surface area (Å²) in [5.41, 5.74) is 15.9. The first kappa shape index (κ1) is 36.6. The summed E-state index contributed by atoms with van der Waals surface area (Å²) in [4.78, 5) is 8.88. The minimum atomic E-state index is 0.253. The minimum absolute atomic E-state index is 0.253. The average Bonchev–Trinajstić information content (AvgIpc) is 3.91. The number of allylic oxidation sites excluding steroid dienone is 7. The lowest BCUT2D eigenvalue weighted by molar-refractivity contribution is 0.0136. The van der Waals surface area contributed by atoms with Gasteiger partial charge in [-0.15, -0.1) is 0 Å². The molecule has 0 aromatic rings. The van der Waals surface area contributed by atoms with Crippen LogP contribution >= 0.6 is 0 Å². The fraction of sp³-hybridized carbons (Fsp3) is 0.765. The highest BCUT2D eigenvalue weighted by Crippen LogP contribution is 2.58. The van der Waals surface area contributed by atoms with Crippen molar-refractivity contribution in [3.63, 3.8) is 0 Å². The fourth-order valence-corrected chi connectivity index (χ4v) is 15.5. The lowest BCUT2D eigenvalue weighted by Gasteiger charge is -2.51. The molecule has 0 aromatic carbocycles. The Morgan fingerprint density at radius 1 is 0.509 bits per heavy atom. The van der Waals surface area contributed by atoms with E-state index in [9.17, 15) is 0 Å². The van der Waals surface area contributed by atoms with Gasteiger partial charge in [-0.3, -0.25) is 16.0 Å². The van der Waals surface area contributed by atoms with Crippen LogP contribution in [0.1, 0.15) is 186 Å². The Morgan fingerprint density at radius 3 is 2.05 bits per heavy atom. The second-order valence-corrected chi connectivity index (χ2v) is 21.0. The standard InChI is InChI=1S/C51H74N6/c1-3-16-33(17-4-1)49-52-50(54-51(53-49)57-45-28-13-7-22-37(45)38-23-8-14-29-46(38)57)34-18-15-21-36(30-34)56-44-27-12-10-25-40(44)42-31-41-39-24-9-11-26-43(39)55(47(41)32-48(42)56)35-19-5-2-6-20-35/h19,30,32-34,37,41-42,45,48-54H,1-18,20-29,31H2. The van der Waals surface area contributed by atoms with E-state index in [1.165, 1.54) is 186 Å². The van der Waals surface area contributed by atoms with E-state index in [1.54, 1.807) is 34.2 Å². The van der Waals surface area contributed by atoms with E-state index < -0.39 is 0 Å². The highest BCUT2D eigenvalue weighted by molar-refractivity contribution is 5.47. The largest absolute Gasteiger partial charge is 0.343 e. The van der Waals surface area contributed by atoms with E-state index >= 15 is 0 Å². The van der Waals surface area contributed by atoms with Gasteiger partial charge in [0, 0.05) is 63.9 Å². The van der Waals surface area contributed by atoms with Crippen molar-refractivity contribution in [1.29, 1.82) is 0 Å². The summed E-state index contributed by atoms with van der Waals surface area (Å²) < 4.78 is 0. The summed E-state index contributed by atoms with van der Waals surface area (Å²) in [6.45, 7) is 0. The predicted octanol–water partition coefficient (Wildman–Crippen LogP) is 11.3. The summed E-state index contributed by atoms with van der Waals surface area (Å²) in [5.74, 6) is 3.45. The number of nitrogens with zero attached hydrogens (tertiary/aromatic N) is 3. The molecule has 0 spiro atoms. The van der Waals surface area contributed by atoms with Crippen LogP contribution in [0.2, 0.25) is 0 Å². The van der Waals surface area contributed by atoms with Gasteiger partial charge in [0.05, 0.1) is 18.4 Å². The molecule has 12 aliphatic rings. The molecule has 9 unspecified atom stereocenters. The fourth-order valence-electron chi connectivity index (χ4n) is 15.5. The Bertz CT molecular complexity index is 1770. The number of hydrogen-bond acceptors (Lipinski definition) is 6. The quantitative estimate of drug-likeness (QED) is 0.259. The third kappa shape index (κ3) is 6.24. The molecule has 0 bridgehead atoms. The van der Waals surface area contributed by atoms with Gasteiger partial charge in [-0.05, 0) is 183 Å². The monoisotopic (exact) mass is 771 g/mol. The molecule has 0 amide bonds. The minimum Gasteiger partial charge on any atom is -0.343 e. The lowest BCUT2D eigenvalue weighted by Crippen LogP contribution is -2.75. The first-order chi connectivity index (χ1) is 28.3. The van der Waals surface area contributed by atoms with Crippen molar-refractivity contribution in [3.8, 4) is 0 Å². The molecule has 6 heteroatoms. The average molecular weight is 771 g/mol. The van der Waals surface area contributed by atoms with Gasteiger partial charge in [0.2, 0.25) is 0 Å². The van der Waals surface area contributed by atoms with E-state index in [2.05, 4.69) is 48.9 Å². The van der Waals surface area contributed by atoms with Crippen molar-refractivity contribution in [2.24, 2.45) is 29.6 Å². The Balaban J connectivity index is 0.883. The summed E-state index contributed by atoms with van der Waals surface area (Å²) in [5, 5.41) is 13.1. The van der Waals surface area contributed by atoms with E-state index in [0.717, 1.165) is 11.8 Å². The van der Waals surface area contributed by atoms with Crippen LogP contribution in [0.4, 0.5) is 0 Å². The molecule has 4 aliphatic heterocycles. The van der Waals surface area contributed by atoms with Gasteiger partial charge < -0.3 is 14.7 Å². The van der Waals surface area contributed by atoms with Crippen LogP contribution in [0.3, 0.4) is 0 Å². The highest BCUT2D eigenvalue weighted by atomic mass is 15.5. The normalized spacial score (nSPS) is 39.9. The molecule has 57 heavy (non-hydrogen) atoms. The first-order valence-corrected chi connectivity index (χ1v) is 25.2. The van der Waals surface area contributed by atoms with E-state index in [4.69, 9.17) is 0 Å². The predicted molar refractivity (Wildman–Crippen MR) is 231 cm³/mol. The van der Waals surface area contributed by atoms with Crippen molar-refractivity contribution in [1.82, 2.24) is 30.7 Å². The molecule has 1 saturated heterocycles. The number of hydrogen-bond donors (Lipinski definition) is 3. The Hall–Kier alpha value is -2.28. The molecule has 3 N–H and O–H groups in total. The first-order valence-electron chi connectivity index (χ1n) is 25.2. The zero-order valence-corrected chi connectivity index (χ0v) is 35.4. The van der Waals surface area contributed by atoms with Crippen LogP contribution in [0, 0.1) is 29.6 Å². The SMILES string of the molecule is C1=C(N2C3=CC4C(CC3C3=C2CCCC3)C2=C(CCCC2)N4C2=CC(C3NC(C4CCCCC4)NC(N4C5=C(CCCC5)C5CCCCC54)N3)CCC2)CCCC1. The Labute approximate surface area is 345 Å². The Kier molecular flexibility index (Phi) is 9.83. The zero-order valence-electron chi connectivity index (χ0n) is 35.4. The number of rotatable bonds is 5. The summed E-state index contributed by atoms with van der Waals surface area (Å²) >= 11 is 0. The molecule has 6 nitrogen and oxygen atoms in total. The molecule has 308 valence electrons. The third-order valence-electron chi connectivity index (χ3n) is 18.0. The maximum absolute atomic E-state index is 4.39. The molecule has 3 fully saturated rings. The summed E-state index contributed by atoms with van der Waals surface area (Å²) in [6.07, 6.45) is 48.8. The van der Waals surface area contributed by atoms with Gasteiger partial charge in [0.15, 0.2) is 0 Å². The van der Waals surface area contributed by atoms with Crippen molar-refractivity contribution >= 4 is 0 Å². The van der Waals surface area contributed by atoms with Crippen LogP contribution in [0.15, 0.2) is 69.1 Å². The van der Waals surface area contributed by atoms with Crippen LogP contribution in [-0.4, -0.2) is 45.4 Å². The van der Waals surface area contributed by atoms with Gasteiger partial charge in [-0.25, -0.2) is 0 Å². The Morgan fingerprint density at radius 2 is 1.21 bits per heavy atom. The van der Waals surface area contributed by atoms with Crippen molar-refractivity contribution in [2.45, 2.75) is 217 Å². The van der Waals surface area contributed by atoms with Gasteiger partial charge in [0.25, 0.3) is 0 Å². The smallest absolute Gasteiger partial charge is 0.137 e.